The molecule has 4 N–H and O–H groups in total. The summed E-state index contributed by atoms with van der Waals surface area (Å²) in [5.74, 6) is -2.11. The molecule has 1 aliphatic carbocycles. The van der Waals surface area contributed by atoms with Crippen LogP contribution in [0.5, 0.6) is 0 Å². The normalized spacial score (nSPS) is 13.0. The molecule has 0 spiro atoms. The van der Waals surface area contributed by atoms with Crippen molar-refractivity contribution < 1.29 is 29.3 Å². The molecule has 1 aliphatic rings. The number of carbonyl (C=O) groups is 3. The van der Waals surface area contributed by atoms with Crippen molar-refractivity contribution in [2.24, 2.45) is 7.05 Å². The van der Waals surface area contributed by atoms with Gasteiger partial charge in [-0.25, -0.2) is 9.59 Å². The van der Waals surface area contributed by atoms with Crippen LogP contribution >= 0.6 is 0 Å². The zero-order chi connectivity index (χ0) is 24.2. The second-order valence-corrected chi connectivity index (χ2v) is 7.87. The monoisotopic (exact) mass is 464 g/mol. The Morgan fingerprint density at radius 1 is 1.09 bits per heavy atom. The second-order valence-electron chi connectivity index (χ2n) is 7.87. The van der Waals surface area contributed by atoms with Crippen LogP contribution in [0.2, 0.25) is 0 Å². The summed E-state index contributed by atoms with van der Waals surface area (Å²) in [6.45, 7) is -0.553. The predicted molar refractivity (Wildman–Crippen MR) is 121 cm³/mol. The highest BCUT2D eigenvalue weighted by Crippen LogP contribution is 2.44. The van der Waals surface area contributed by atoms with Crippen molar-refractivity contribution in [2.45, 2.75) is 18.5 Å². The highest BCUT2D eigenvalue weighted by Gasteiger charge is 2.29. The number of carbonyl (C=O) groups excluding carboxylic acids is 2. The maximum absolute atomic E-state index is 12.3. The number of aliphatic carboxylic acids is 1. The number of nitrogens with one attached hydrogen (secondary N) is 2. The number of ether oxygens (including phenoxy) is 1. The predicted octanol–water partition coefficient (Wildman–Crippen LogP) is 1.63. The molecule has 3 aromatic rings. The largest absolute Gasteiger partial charge is 0.480 e. The number of fused-ring (bicyclic) bond motifs is 3. The lowest BCUT2D eigenvalue weighted by molar-refractivity contribution is -0.140. The van der Waals surface area contributed by atoms with E-state index in [9.17, 15) is 14.4 Å². The Morgan fingerprint density at radius 3 is 2.29 bits per heavy atom. The van der Waals surface area contributed by atoms with E-state index in [1.807, 2.05) is 36.4 Å². The molecule has 2 aromatic carbocycles. The van der Waals surface area contributed by atoms with Gasteiger partial charge in [-0.1, -0.05) is 48.5 Å². The van der Waals surface area contributed by atoms with Gasteiger partial charge < -0.3 is 25.6 Å². The molecule has 10 heteroatoms. The maximum atomic E-state index is 12.3. The third-order valence-corrected chi connectivity index (χ3v) is 5.71. The number of aryl methyl sites for hydroxylation is 1. The highest BCUT2D eigenvalue weighted by molar-refractivity contribution is 5.95. The van der Waals surface area contributed by atoms with Gasteiger partial charge in [0.25, 0.3) is 5.91 Å². The van der Waals surface area contributed by atoms with E-state index in [1.165, 1.54) is 17.8 Å². The molecule has 0 fully saturated rings. The van der Waals surface area contributed by atoms with Gasteiger partial charge in [0.2, 0.25) is 0 Å². The van der Waals surface area contributed by atoms with Crippen LogP contribution in [-0.2, 0) is 23.1 Å². The molecule has 0 saturated heterocycles. The number of carboxylic acid groups (broad SMARTS) is 1. The molecule has 4 rings (SSSR count). The number of aromatic nitrogens is 2. The van der Waals surface area contributed by atoms with E-state index in [0.29, 0.717) is 5.69 Å². The number of nitrogens with zero attached hydrogens (tertiary/aromatic N) is 2. The molecule has 1 atom stereocenters. The lowest BCUT2D eigenvalue weighted by Crippen LogP contribution is -2.43. The summed E-state index contributed by atoms with van der Waals surface area (Å²) >= 11 is 0. The Labute approximate surface area is 195 Å². The lowest BCUT2D eigenvalue weighted by atomic mass is 9.98. The molecule has 1 aromatic heterocycles. The SMILES string of the molecule is Cn1nc(CNC(=O)OCC2c3ccccc3-c3ccccc32)cc1C(=O)N[C@@H](CO)C(=O)O. The minimum Gasteiger partial charge on any atom is -0.480 e. The van der Waals surface area contributed by atoms with Gasteiger partial charge in [0.05, 0.1) is 18.8 Å². The van der Waals surface area contributed by atoms with Crippen LogP contribution in [0.3, 0.4) is 0 Å². The number of aliphatic hydroxyl groups is 1. The standard InChI is InChI=1S/C24H24N4O6/c1-28-21(22(30)26-20(12-29)23(31)32)10-14(27-28)11-25-24(33)34-13-19-17-8-4-2-6-15(17)16-7-3-5-9-18(16)19/h2-10,19-20,29H,11-13H2,1H3,(H,25,33)(H,26,30)(H,31,32)/t20-/m0/s1. The number of benzene rings is 2. The smallest absolute Gasteiger partial charge is 0.407 e. The van der Waals surface area contributed by atoms with E-state index in [-0.39, 0.29) is 24.8 Å². The van der Waals surface area contributed by atoms with Gasteiger partial charge in [0.15, 0.2) is 6.04 Å². The first-order chi connectivity index (χ1) is 16.4. The number of alkyl carbamates (subject to hydrolysis) is 1. The minimum atomic E-state index is -1.43. The zero-order valence-corrected chi connectivity index (χ0v) is 18.4. The van der Waals surface area contributed by atoms with Crippen molar-refractivity contribution in [2.75, 3.05) is 13.2 Å². The topological polar surface area (TPSA) is 143 Å². The number of hydrogen-bond donors (Lipinski definition) is 4. The van der Waals surface area contributed by atoms with E-state index in [2.05, 4.69) is 27.9 Å². The minimum absolute atomic E-state index is 0.0140. The number of carboxylic acids is 1. The Hall–Kier alpha value is -4.18. The summed E-state index contributed by atoms with van der Waals surface area (Å²) in [6, 6.07) is 16.1. The molecule has 10 nitrogen and oxygen atoms in total. The van der Waals surface area contributed by atoms with Crippen molar-refractivity contribution in [3.8, 4) is 11.1 Å². The fourth-order valence-electron chi connectivity index (χ4n) is 4.06. The molecule has 0 aliphatic heterocycles. The van der Waals surface area contributed by atoms with Gasteiger partial charge in [-0.15, -0.1) is 0 Å². The average Bonchev–Trinajstić information content (AvgIpc) is 3.37. The van der Waals surface area contributed by atoms with Crippen molar-refractivity contribution in [1.29, 1.82) is 0 Å². The number of aliphatic hydroxyl groups excluding tert-OH is 1. The van der Waals surface area contributed by atoms with E-state index < -0.39 is 30.6 Å². The van der Waals surface area contributed by atoms with Crippen LogP contribution in [0, 0.1) is 0 Å². The molecule has 0 bridgehead atoms. The first kappa shape index (κ1) is 23.0. The van der Waals surface area contributed by atoms with E-state index in [1.54, 1.807) is 0 Å². The lowest BCUT2D eigenvalue weighted by Gasteiger charge is -2.14. The van der Waals surface area contributed by atoms with Crippen molar-refractivity contribution >= 4 is 18.0 Å². The first-order valence-electron chi connectivity index (χ1n) is 10.6. The van der Waals surface area contributed by atoms with Crippen LogP contribution in [-0.4, -0.2) is 57.2 Å². The van der Waals surface area contributed by atoms with Gasteiger partial charge in [0.1, 0.15) is 12.3 Å². The van der Waals surface area contributed by atoms with Gasteiger partial charge in [-0.05, 0) is 28.3 Å². The number of hydrogen-bond acceptors (Lipinski definition) is 6. The third-order valence-electron chi connectivity index (χ3n) is 5.71. The Bertz CT molecular complexity index is 1190. The molecule has 2 amide bonds. The van der Waals surface area contributed by atoms with Crippen LogP contribution in [0.4, 0.5) is 4.79 Å². The Morgan fingerprint density at radius 2 is 1.71 bits per heavy atom. The molecule has 34 heavy (non-hydrogen) atoms. The van der Waals surface area contributed by atoms with E-state index >= 15 is 0 Å². The van der Waals surface area contributed by atoms with Crippen molar-refractivity contribution in [3.05, 3.63) is 77.1 Å². The summed E-state index contributed by atoms with van der Waals surface area (Å²) in [6.07, 6.45) is -0.621. The molecule has 0 unspecified atom stereocenters. The van der Waals surface area contributed by atoms with Gasteiger partial charge in [-0.2, -0.15) is 5.10 Å². The zero-order valence-electron chi connectivity index (χ0n) is 18.4. The quantitative estimate of drug-likeness (QED) is 0.397. The fourth-order valence-corrected chi connectivity index (χ4v) is 4.06. The van der Waals surface area contributed by atoms with Crippen LogP contribution < -0.4 is 10.6 Å². The molecule has 0 saturated carbocycles. The van der Waals surface area contributed by atoms with E-state index in [0.717, 1.165) is 22.3 Å². The fraction of sp³-hybridized carbons (Fsp3) is 0.250. The summed E-state index contributed by atoms with van der Waals surface area (Å²) in [5, 5.41) is 27.0. The molecule has 1 heterocycles. The summed E-state index contributed by atoms with van der Waals surface area (Å²) in [7, 11) is 1.51. The summed E-state index contributed by atoms with van der Waals surface area (Å²) < 4.78 is 6.75. The Kier molecular flexibility index (Phi) is 6.60. The van der Waals surface area contributed by atoms with Gasteiger partial charge >= 0.3 is 12.1 Å². The first-order valence-corrected chi connectivity index (χ1v) is 10.6. The number of amides is 2. The van der Waals surface area contributed by atoms with Crippen LogP contribution in [0.15, 0.2) is 54.6 Å². The van der Waals surface area contributed by atoms with Crippen molar-refractivity contribution in [1.82, 2.24) is 20.4 Å². The van der Waals surface area contributed by atoms with Crippen molar-refractivity contribution in [3.63, 3.8) is 0 Å². The molecular formula is C24H24N4O6. The van der Waals surface area contributed by atoms with Crippen LogP contribution in [0.1, 0.15) is 33.2 Å². The van der Waals surface area contributed by atoms with Gasteiger partial charge in [0, 0.05) is 13.0 Å². The summed E-state index contributed by atoms with van der Waals surface area (Å²) in [5.41, 5.74) is 4.97. The number of rotatable bonds is 8. The summed E-state index contributed by atoms with van der Waals surface area (Å²) in [4.78, 5) is 35.6. The van der Waals surface area contributed by atoms with Crippen LogP contribution in [0.25, 0.3) is 11.1 Å². The third kappa shape index (κ3) is 4.62. The molecule has 176 valence electrons. The second kappa shape index (κ2) is 9.75. The average molecular weight is 464 g/mol. The maximum Gasteiger partial charge on any atom is 0.407 e. The van der Waals surface area contributed by atoms with E-state index in [4.69, 9.17) is 14.9 Å². The highest BCUT2D eigenvalue weighted by atomic mass is 16.5. The van der Waals surface area contributed by atoms with Gasteiger partial charge in [-0.3, -0.25) is 9.48 Å². The Balaban J connectivity index is 1.34. The molecule has 0 radical (unpaired) electrons. The molecular weight excluding hydrogens is 440 g/mol.